The molecule has 2 N–H and O–H groups in total. The van der Waals surface area contributed by atoms with Crippen LogP contribution in [0.3, 0.4) is 0 Å². The molecule has 3 heterocycles. The van der Waals surface area contributed by atoms with Gasteiger partial charge in [-0.25, -0.2) is 9.97 Å². The molecule has 1 aromatic carbocycles. The molecule has 0 unspecified atom stereocenters. The maximum Gasteiger partial charge on any atom is 0.138 e. The second-order valence-electron chi connectivity index (χ2n) is 5.53. The highest BCUT2D eigenvalue weighted by Crippen LogP contribution is 2.34. The van der Waals surface area contributed by atoms with Crippen LogP contribution >= 0.6 is 11.3 Å². The number of nitrogens with one attached hydrogen (secondary N) is 2. The fraction of sp³-hybridized carbons (Fsp3) is 0.167. The van der Waals surface area contributed by atoms with E-state index in [0.29, 0.717) is 0 Å². The minimum atomic E-state index is 0.863. The third kappa shape index (κ3) is 3.14. The van der Waals surface area contributed by atoms with Crippen molar-refractivity contribution in [2.75, 3.05) is 11.9 Å². The molecule has 0 saturated heterocycles. The number of hydrogen-bond acceptors (Lipinski definition) is 5. The van der Waals surface area contributed by atoms with E-state index in [4.69, 9.17) is 0 Å². The molecule has 0 radical (unpaired) electrons. The summed E-state index contributed by atoms with van der Waals surface area (Å²) < 4.78 is 0. The molecule has 6 heteroatoms. The molecule has 24 heavy (non-hydrogen) atoms. The average Bonchev–Trinajstić information content (AvgIpc) is 3.29. The van der Waals surface area contributed by atoms with Gasteiger partial charge >= 0.3 is 0 Å². The van der Waals surface area contributed by atoms with Crippen molar-refractivity contribution >= 4 is 27.4 Å². The van der Waals surface area contributed by atoms with Crippen molar-refractivity contribution < 1.29 is 0 Å². The van der Waals surface area contributed by atoms with Crippen LogP contribution in [0, 0.1) is 0 Å². The Balaban J connectivity index is 1.50. The normalized spacial score (nSPS) is 11.0. The minimum Gasteiger partial charge on any atom is -0.369 e. The SMILES string of the molecule is c1ccc(-c2cc3c(NCCCc4ccn[nH]4)ncnc3s2)cc1. The maximum atomic E-state index is 4.41. The zero-order valence-corrected chi connectivity index (χ0v) is 13.9. The number of aryl methyl sites for hydroxylation is 1. The number of nitrogens with zero attached hydrogens (tertiary/aromatic N) is 3. The molecule has 0 aliphatic heterocycles. The minimum absolute atomic E-state index is 0.863. The van der Waals surface area contributed by atoms with Gasteiger partial charge in [0.25, 0.3) is 0 Å². The van der Waals surface area contributed by atoms with Crippen molar-refractivity contribution in [3.63, 3.8) is 0 Å². The average molecular weight is 335 g/mol. The lowest BCUT2D eigenvalue weighted by molar-refractivity contribution is 0.825. The first kappa shape index (κ1) is 14.8. The van der Waals surface area contributed by atoms with Crippen LogP contribution in [0.15, 0.2) is 55.0 Å². The summed E-state index contributed by atoms with van der Waals surface area (Å²) in [7, 11) is 0. The number of anilines is 1. The number of benzene rings is 1. The first-order valence-corrected chi connectivity index (χ1v) is 8.74. The lowest BCUT2D eigenvalue weighted by atomic mass is 10.2. The largest absolute Gasteiger partial charge is 0.369 e. The van der Waals surface area contributed by atoms with E-state index in [9.17, 15) is 0 Å². The molecule has 0 bridgehead atoms. The van der Waals surface area contributed by atoms with Gasteiger partial charge in [0.15, 0.2) is 0 Å². The van der Waals surface area contributed by atoms with Crippen molar-refractivity contribution in [2.24, 2.45) is 0 Å². The summed E-state index contributed by atoms with van der Waals surface area (Å²) >= 11 is 1.70. The zero-order chi connectivity index (χ0) is 16.2. The molecular weight excluding hydrogens is 318 g/mol. The lowest BCUT2D eigenvalue weighted by Crippen LogP contribution is -2.05. The Bertz CT molecular complexity index is 915. The highest BCUT2D eigenvalue weighted by Gasteiger charge is 2.09. The third-order valence-corrected chi connectivity index (χ3v) is 4.95. The molecule has 120 valence electrons. The van der Waals surface area contributed by atoms with Crippen LogP contribution < -0.4 is 5.32 Å². The van der Waals surface area contributed by atoms with E-state index >= 15 is 0 Å². The van der Waals surface area contributed by atoms with Crippen molar-refractivity contribution in [3.05, 3.63) is 60.7 Å². The van der Waals surface area contributed by atoms with Crippen LogP contribution in [0.1, 0.15) is 12.1 Å². The van der Waals surface area contributed by atoms with Gasteiger partial charge in [-0.3, -0.25) is 5.10 Å². The molecular formula is C18H17N5S. The van der Waals surface area contributed by atoms with E-state index < -0.39 is 0 Å². The Hall–Kier alpha value is -2.73. The van der Waals surface area contributed by atoms with Crippen LogP contribution in [0.4, 0.5) is 5.82 Å². The quantitative estimate of drug-likeness (QED) is 0.520. The van der Waals surface area contributed by atoms with Crippen LogP contribution in [0.5, 0.6) is 0 Å². The fourth-order valence-corrected chi connectivity index (χ4v) is 3.66. The van der Waals surface area contributed by atoms with Gasteiger partial charge in [-0.15, -0.1) is 11.3 Å². The number of rotatable bonds is 6. The van der Waals surface area contributed by atoms with Crippen molar-refractivity contribution in [1.82, 2.24) is 20.2 Å². The summed E-state index contributed by atoms with van der Waals surface area (Å²) in [6.07, 6.45) is 5.40. The van der Waals surface area contributed by atoms with Gasteiger partial charge in [-0.1, -0.05) is 30.3 Å². The molecule has 0 spiro atoms. The molecule has 4 rings (SSSR count). The Morgan fingerprint density at radius 2 is 2.00 bits per heavy atom. The predicted octanol–water partition coefficient (Wildman–Crippen LogP) is 4.13. The highest BCUT2D eigenvalue weighted by atomic mass is 32.1. The Kier molecular flexibility index (Phi) is 4.20. The standard InChI is InChI=1S/C18H17N5S/c1-2-5-13(6-3-1)16-11-15-17(20-12-21-18(15)24-16)19-9-4-7-14-8-10-22-23-14/h1-3,5-6,8,10-12H,4,7,9H2,(H,22,23)(H,19,20,21). The van der Waals surface area contributed by atoms with Gasteiger partial charge in [-0.2, -0.15) is 5.10 Å². The summed E-state index contributed by atoms with van der Waals surface area (Å²) in [4.78, 5) is 11.1. The Morgan fingerprint density at radius 1 is 1.08 bits per heavy atom. The van der Waals surface area contributed by atoms with Gasteiger partial charge in [-0.05, 0) is 30.5 Å². The van der Waals surface area contributed by atoms with E-state index in [-0.39, 0.29) is 0 Å². The van der Waals surface area contributed by atoms with Gasteiger partial charge < -0.3 is 5.32 Å². The summed E-state index contributed by atoms with van der Waals surface area (Å²) in [6.45, 7) is 0.863. The van der Waals surface area contributed by atoms with E-state index in [0.717, 1.165) is 41.1 Å². The molecule has 0 saturated carbocycles. The summed E-state index contributed by atoms with van der Waals surface area (Å²) in [5.41, 5.74) is 2.37. The van der Waals surface area contributed by atoms with E-state index in [1.807, 2.05) is 12.1 Å². The van der Waals surface area contributed by atoms with Crippen molar-refractivity contribution in [2.45, 2.75) is 12.8 Å². The molecule has 0 fully saturated rings. The smallest absolute Gasteiger partial charge is 0.138 e. The molecule has 0 aliphatic carbocycles. The highest BCUT2D eigenvalue weighted by molar-refractivity contribution is 7.21. The molecule has 5 nitrogen and oxygen atoms in total. The Morgan fingerprint density at radius 3 is 2.83 bits per heavy atom. The Labute approximate surface area is 143 Å². The topological polar surface area (TPSA) is 66.5 Å². The number of thiophene rings is 1. The van der Waals surface area contributed by atoms with Crippen LogP contribution in [0.25, 0.3) is 20.7 Å². The molecule has 3 aromatic heterocycles. The van der Waals surface area contributed by atoms with Crippen LogP contribution in [0.2, 0.25) is 0 Å². The van der Waals surface area contributed by atoms with Gasteiger partial charge in [0.05, 0.1) is 5.39 Å². The van der Waals surface area contributed by atoms with Gasteiger partial charge in [0.1, 0.15) is 17.0 Å². The molecule has 0 aliphatic rings. The second-order valence-corrected chi connectivity index (χ2v) is 6.56. The van der Waals surface area contributed by atoms with Crippen LogP contribution in [-0.2, 0) is 6.42 Å². The number of fused-ring (bicyclic) bond motifs is 1. The fourth-order valence-electron chi connectivity index (χ4n) is 2.65. The van der Waals surface area contributed by atoms with Gasteiger partial charge in [0.2, 0.25) is 0 Å². The first-order valence-electron chi connectivity index (χ1n) is 7.92. The number of aromatic amines is 1. The molecule has 0 amide bonds. The summed E-state index contributed by atoms with van der Waals surface area (Å²) in [5, 5.41) is 11.5. The predicted molar refractivity (Wildman–Crippen MR) is 98.2 cm³/mol. The third-order valence-electron chi connectivity index (χ3n) is 3.86. The van der Waals surface area contributed by atoms with Crippen molar-refractivity contribution in [1.29, 1.82) is 0 Å². The summed E-state index contributed by atoms with van der Waals surface area (Å²) in [5.74, 6) is 0.906. The maximum absolute atomic E-state index is 4.41. The number of aromatic nitrogens is 4. The first-order chi connectivity index (χ1) is 11.9. The van der Waals surface area contributed by atoms with Crippen LogP contribution in [-0.4, -0.2) is 26.7 Å². The number of H-pyrrole nitrogens is 1. The summed E-state index contributed by atoms with van der Waals surface area (Å²) in [6, 6.07) is 14.6. The van der Waals surface area contributed by atoms with E-state index in [2.05, 4.69) is 55.8 Å². The van der Waals surface area contributed by atoms with Crippen molar-refractivity contribution in [3.8, 4) is 10.4 Å². The van der Waals surface area contributed by atoms with E-state index in [1.54, 1.807) is 23.9 Å². The van der Waals surface area contributed by atoms with Gasteiger partial charge in [0, 0.05) is 23.3 Å². The van der Waals surface area contributed by atoms with E-state index in [1.165, 1.54) is 10.4 Å². The molecule has 0 atom stereocenters. The lowest BCUT2D eigenvalue weighted by Gasteiger charge is -2.05. The second kappa shape index (κ2) is 6.80. The monoisotopic (exact) mass is 335 g/mol. The number of hydrogen-bond donors (Lipinski definition) is 2. The zero-order valence-electron chi connectivity index (χ0n) is 13.1. The molecule has 4 aromatic rings.